The van der Waals surface area contributed by atoms with Gasteiger partial charge in [-0.2, -0.15) is 0 Å². The maximum atomic E-state index is 13.0. The highest BCUT2D eigenvalue weighted by Gasteiger charge is 2.39. The van der Waals surface area contributed by atoms with Gasteiger partial charge in [0.15, 0.2) is 0 Å². The van der Waals surface area contributed by atoms with Crippen molar-refractivity contribution in [3.05, 3.63) is 0 Å². The van der Waals surface area contributed by atoms with E-state index in [2.05, 4.69) is 0 Å². The van der Waals surface area contributed by atoms with Crippen LogP contribution in [0.3, 0.4) is 0 Å². The molecule has 0 aromatic heterocycles. The fourth-order valence-corrected chi connectivity index (χ4v) is 1.55. The van der Waals surface area contributed by atoms with Crippen LogP contribution in [0.4, 0.5) is 8.78 Å². The summed E-state index contributed by atoms with van der Waals surface area (Å²) >= 11 is 0. The Morgan fingerprint density at radius 3 is 2.50 bits per heavy atom. The molecule has 0 unspecified atom stereocenters. The molecule has 1 heterocycles. The number of hydrogen-bond acceptors (Lipinski definition) is 2. The summed E-state index contributed by atoms with van der Waals surface area (Å²) in [4.78, 5) is 12.7. The van der Waals surface area contributed by atoms with Gasteiger partial charge in [-0.05, 0) is 20.3 Å². The number of carbonyl (C=O) groups is 1. The molecule has 2 N–H and O–H groups in total. The van der Waals surface area contributed by atoms with E-state index >= 15 is 0 Å². The van der Waals surface area contributed by atoms with Crippen molar-refractivity contribution in [2.45, 2.75) is 38.2 Å². The first-order chi connectivity index (χ1) is 6.22. The molecule has 0 atom stereocenters. The van der Waals surface area contributed by atoms with Gasteiger partial charge in [0.1, 0.15) is 0 Å². The highest BCUT2D eigenvalue weighted by molar-refractivity contribution is 5.85. The molecule has 0 spiro atoms. The van der Waals surface area contributed by atoms with E-state index in [0.29, 0.717) is 13.0 Å². The van der Waals surface area contributed by atoms with Gasteiger partial charge in [-0.3, -0.25) is 4.79 Å². The predicted octanol–water partition coefficient (Wildman–Crippen LogP) is 0.981. The minimum absolute atomic E-state index is 0.137. The van der Waals surface area contributed by atoms with Crippen molar-refractivity contribution in [3.8, 4) is 0 Å². The summed E-state index contributed by atoms with van der Waals surface area (Å²) in [5.41, 5.74) is 4.50. The van der Waals surface area contributed by atoms with Gasteiger partial charge in [-0.1, -0.05) is 0 Å². The fraction of sp³-hybridized carbons (Fsp3) is 0.889. The van der Waals surface area contributed by atoms with Crippen LogP contribution in [-0.4, -0.2) is 35.4 Å². The number of carbonyl (C=O) groups excluding carboxylic acids is 1. The predicted molar refractivity (Wildman–Crippen MR) is 49.0 cm³/mol. The number of piperidine rings is 1. The molecule has 5 heteroatoms. The zero-order valence-electron chi connectivity index (χ0n) is 8.52. The molecule has 82 valence electrons. The summed E-state index contributed by atoms with van der Waals surface area (Å²) < 4.78 is 25.9. The van der Waals surface area contributed by atoms with Crippen molar-refractivity contribution in [3.63, 3.8) is 0 Å². The third-order valence-corrected chi connectivity index (χ3v) is 2.23. The van der Waals surface area contributed by atoms with E-state index in [4.69, 9.17) is 5.73 Å². The molecule has 0 aromatic carbocycles. The Labute approximate surface area is 82.2 Å². The molecule has 1 fully saturated rings. The zero-order valence-corrected chi connectivity index (χ0v) is 8.52. The monoisotopic (exact) mass is 206 g/mol. The number of likely N-dealkylation sites (tertiary alicyclic amines) is 1. The van der Waals surface area contributed by atoms with E-state index in [1.807, 2.05) is 0 Å². The number of nitrogens with zero attached hydrogens (tertiary/aromatic N) is 1. The van der Waals surface area contributed by atoms with Gasteiger partial charge in [0.05, 0.1) is 12.1 Å². The molecule has 1 aliphatic rings. The third kappa shape index (κ3) is 2.64. The Bertz CT molecular complexity index is 235. The normalized spacial score (nSPS) is 22.2. The summed E-state index contributed by atoms with van der Waals surface area (Å²) in [7, 11) is 0. The molecule has 1 rings (SSSR count). The van der Waals surface area contributed by atoms with E-state index < -0.39 is 23.9 Å². The average Bonchev–Trinajstić information content (AvgIpc) is 1.99. The number of hydrogen-bond donors (Lipinski definition) is 1. The molecular formula is C9H16F2N2O. The molecule has 0 saturated carbocycles. The van der Waals surface area contributed by atoms with Crippen LogP contribution in [0.1, 0.15) is 26.7 Å². The van der Waals surface area contributed by atoms with Crippen molar-refractivity contribution < 1.29 is 13.6 Å². The summed E-state index contributed by atoms with van der Waals surface area (Å²) in [5.74, 6) is -3.16. The zero-order chi connectivity index (χ0) is 11.0. The molecule has 0 radical (unpaired) electrons. The van der Waals surface area contributed by atoms with Gasteiger partial charge < -0.3 is 10.6 Å². The summed E-state index contributed by atoms with van der Waals surface area (Å²) in [6.45, 7) is 2.95. The van der Waals surface area contributed by atoms with Crippen molar-refractivity contribution in [2.24, 2.45) is 5.73 Å². The van der Waals surface area contributed by atoms with E-state index in [9.17, 15) is 13.6 Å². The number of amides is 1. The van der Waals surface area contributed by atoms with Gasteiger partial charge in [0.2, 0.25) is 5.91 Å². The Morgan fingerprint density at radius 2 is 2.07 bits per heavy atom. The molecule has 1 saturated heterocycles. The molecule has 0 aliphatic carbocycles. The lowest BCUT2D eigenvalue weighted by molar-refractivity contribution is -0.146. The maximum absolute atomic E-state index is 13.0. The lowest BCUT2D eigenvalue weighted by Crippen LogP contribution is -2.55. The van der Waals surface area contributed by atoms with Crippen LogP contribution in [0.25, 0.3) is 0 Å². The second-order valence-corrected chi connectivity index (χ2v) is 4.41. The maximum Gasteiger partial charge on any atom is 0.265 e. The lowest BCUT2D eigenvalue weighted by atomic mass is 10.0. The van der Waals surface area contributed by atoms with Crippen LogP contribution in [0.5, 0.6) is 0 Å². The molecule has 14 heavy (non-hydrogen) atoms. The Balaban J connectivity index is 2.66. The minimum Gasteiger partial charge on any atom is -0.335 e. The van der Waals surface area contributed by atoms with E-state index in [1.54, 1.807) is 0 Å². The third-order valence-electron chi connectivity index (χ3n) is 2.23. The Morgan fingerprint density at radius 1 is 1.50 bits per heavy atom. The van der Waals surface area contributed by atoms with Crippen molar-refractivity contribution in [1.82, 2.24) is 4.90 Å². The standard InChI is InChI=1S/C9H16F2N2O/c1-8(2,12)7(14)13-5-3-4-9(10,11)6-13/h3-6,12H2,1-2H3. The van der Waals surface area contributed by atoms with Crippen LogP contribution in [0, 0.1) is 0 Å². The Hall–Kier alpha value is -0.710. The first kappa shape index (κ1) is 11.4. The molecule has 1 aliphatic heterocycles. The number of nitrogens with two attached hydrogens (primary N) is 1. The average molecular weight is 206 g/mol. The van der Waals surface area contributed by atoms with E-state index in [1.165, 1.54) is 13.8 Å². The molecule has 0 aromatic rings. The molecule has 3 nitrogen and oxygen atoms in total. The number of rotatable bonds is 1. The van der Waals surface area contributed by atoms with Crippen molar-refractivity contribution in [1.29, 1.82) is 0 Å². The van der Waals surface area contributed by atoms with Gasteiger partial charge >= 0.3 is 0 Å². The summed E-state index contributed by atoms with van der Waals surface area (Å²) in [6, 6.07) is 0. The van der Waals surface area contributed by atoms with Gasteiger partial charge in [0.25, 0.3) is 5.92 Å². The van der Waals surface area contributed by atoms with Crippen molar-refractivity contribution >= 4 is 5.91 Å². The molecule has 0 bridgehead atoms. The van der Waals surface area contributed by atoms with Crippen LogP contribution >= 0.6 is 0 Å². The first-order valence-electron chi connectivity index (χ1n) is 4.68. The van der Waals surface area contributed by atoms with Gasteiger partial charge in [-0.25, -0.2) is 8.78 Å². The fourth-order valence-electron chi connectivity index (χ4n) is 1.55. The topological polar surface area (TPSA) is 46.3 Å². The number of halogens is 2. The van der Waals surface area contributed by atoms with Crippen molar-refractivity contribution in [2.75, 3.05) is 13.1 Å². The molecular weight excluding hydrogens is 190 g/mol. The summed E-state index contributed by atoms with van der Waals surface area (Å²) in [5, 5.41) is 0. The van der Waals surface area contributed by atoms with Crippen LogP contribution in [0.2, 0.25) is 0 Å². The van der Waals surface area contributed by atoms with Crippen LogP contribution in [-0.2, 0) is 4.79 Å². The van der Waals surface area contributed by atoms with E-state index in [0.717, 1.165) is 4.90 Å². The lowest BCUT2D eigenvalue weighted by Gasteiger charge is -2.35. The quantitative estimate of drug-likeness (QED) is 0.695. The highest BCUT2D eigenvalue weighted by Crippen LogP contribution is 2.27. The smallest absolute Gasteiger partial charge is 0.265 e. The van der Waals surface area contributed by atoms with Crippen LogP contribution in [0.15, 0.2) is 0 Å². The highest BCUT2D eigenvalue weighted by atomic mass is 19.3. The second-order valence-electron chi connectivity index (χ2n) is 4.41. The van der Waals surface area contributed by atoms with E-state index in [-0.39, 0.29) is 6.42 Å². The molecule has 1 amide bonds. The van der Waals surface area contributed by atoms with Gasteiger partial charge in [0, 0.05) is 13.0 Å². The SMILES string of the molecule is CC(C)(N)C(=O)N1CCCC(F)(F)C1. The van der Waals surface area contributed by atoms with Gasteiger partial charge in [-0.15, -0.1) is 0 Å². The Kier molecular flexibility index (Phi) is 2.81. The minimum atomic E-state index is -2.75. The second kappa shape index (κ2) is 3.46. The van der Waals surface area contributed by atoms with Crippen LogP contribution < -0.4 is 5.73 Å². The summed E-state index contributed by atoms with van der Waals surface area (Å²) in [6.07, 6.45) is 0.205. The largest absolute Gasteiger partial charge is 0.335 e. The number of alkyl halides is 2. The first-order valence-corrected chi connectivity index (χ1v) is 4.68.